The van der Waals surface area contributed by atoms with Gasteiger partial charge in [-0.15, -0.1) is 11.3 Å². The highest BCUT2D eigenvalue weighted by Gasteiger charge is 2.10. The summed E-state index contributed by atoms with van der Waals surface area (Å²) in [5.41, 5.74) is 6.23. The van der Waals surface area contributed by atoms with Crippen LogP contribution in [-0.2, 0) is 0 Å². The fourth-order valence-electron chi connectivity index (χ4n) is 2.51. The highest BCUT2D eigenvalue weighted by atomic mass is 35.5. The molecule has 7 heteroatoms. The summed E-state index contributed by atoms with van der Waals surface area (Å²) in [6.45, 7) is 3.69. The van der Waals surface area contributed by atoms with Crippen LogP contribution < -0.4 is 10.7 Å². The highest BCUT2D eigenvalue weighted by molar-refractivity contribution is 7.17. The third-order valence-electron chi connectivity index (χ3n) is 4.07. The standard InChI is InChI=1S/C21H18ClN3O2S/c1-13-5-3-4-6-17(13)20(26)23-16-9-7-15(8-10-16)14(2)24-25-21(27)18-11-12-19(22)28-18/h3-12H,1-2H3,(H,23,26)(H,25,27)/b24-14-. The molecular weight excluding hydrogens is 394 g/mol. The summed E-state index contributed by atoms with van der Waals surface area (Å²) in [6, 6.07) is 18.0. The van der Waals surface area contributed by atoms with Crippen LogP contribution in [-0.4, -0.2) is 17.5 Å². The van der Waals surface area contributed by atoms with Crippen LogP contribution >= 0.6 is 22.9 Å². The van der Waals surface area contributed by atoms with Crippen molar-refractivity contribution in [1.82, 2.24) is 5.43 Å². The fraction of sp³-hybridized carbons (Fsp3) is 0.0952. The number of rotatable bonds is 5. The molecule has 0 aliphatic carbocycles. The first kappa shape index (κ1) is 19.8. The van der Waals surface area contributed by atoms with E-state index in [0.29, 0.717) is 26.2 Å². The predicted octanol–water partition coefficient (Wildman–Crippen LogP) is 5.12. The van der Waals surface area contributed by atoms with Gasteiger partial charge in [-0.1, -0.05) is 41.9 Å². The molecule has 0 spiro atoms. The van der Waals surface area contributed by atoms with E-state index in [9.17, 15) is 9.59 Å². The van der Waals surface area contributed by atoms with E-state index in [1.165, 1.54) is 11.3 Å². The van der Waals surface area contributed by atoms with E-state index in [1.807, 2.05) is 37.3 Å². The van der Waals surface area contributed by atoms with Crippen LogP contribution in [0, 0.1) is 6.92 Å². The zero-order valence-electron chi connectivity index (χ0n) is 15.3. The average Bonchev–Trinajstić information content (AvgIpc) is 3.13. The molecule has 1 heterocycles. The number of carbonyl (C=O) groups is 2. The van der Waals surface area contributed by atoms with Crippen LogP contribution in [0.3, 0.4) is 0 Å². The second-order valence-corrected chi connectivity index (χ2v) is 7.80. The van der Waals surface area contributed by atoms with E-state index in [1.54, 1.807) is 37.3 Å². The molecule has 28 heavy (non-hydrogen) atoms. The first-order chi connectivity index (χ1) is 13.4. The SMILES string of the molecule is C/C(=N/NC(=O)c1ccc(Cl)s1)c1ccc(NC(=O)c2ccccc2C)cc1. The normalized spacial score (nSPS) is 11.2. The fourth-order valence-corrected chi connectivity index (χ4v) is 3.44. The molecule has 0 aliphatic heterocycles. The van der Waals surface area contributed by atoms with E-state index in [4.69, 9.17) is 11.6 Å². The van der Waals surface area contributed by atoms with Gasteiger partial charge in [0.1, 0.15) is 0 Å². The number of halogens is 1. The molecule has 0 unspecified atom stereocenters. The van der Waals surface area contributed by atoms with Gasteiger partial charge in [0.05, 0.1) is 14.9 Å². The van der Waals surface area contributed by atoms with Crippen molar-refractivity contribution in [2.75, 3.05) is 5.32 Å². The summed E-state index contributed by atoms with van der Waals surface area (Å²) in [7, 11) is 0. The summed E-state index contributed by atoms with van der Waals surface area (Å²) >= 11 is 7.03. The number of carbonyl (C=O) groups excluding carboxylic acids is 2. The quantitative estimate of drug-likeness (QED) is 0.452. The number of nitrogens with zero attached hydrogens (tertiary/aromatic N) is 1. The van der Waals surface area contributed by atoms with Crippen molar-refractivity contribution in [3.05, 3.63) is 86.6 Å². The van der Waals surface area contributed by atoms with Gasteiger partial charge >= 0.3 is 0 Å². The Hall–Kier alpha value is -2.96. The minimum atomic E-state index is -0.307. The average molecular weight is 412 g/mol. The smallest absolute Gasteiger partial charge is 0.281 e. The third kappa shape index (κ3) is 4.85. The molecule has 3 rings (SSSR count). The number of thiophene rings is 1. The molecule has 2 amide bonds. The van der Waals surface area contributed by atoms with Gasteiger partial charge in [-0.2, -0.15) is 5.10 Å². The number of hydrazone groups is 1. The summed E-state index contributed by atoms with van der Waals surface area (Å²) in [4.78, 5) is 24.9. The van der Waals surface area contributed by atoms with E-state index < -0.39 is 0 Å². The number of nitrogens with one attached hydrogen (secondary N) is 2. The molecule has 0 fully saturated rings. The number of aryl methyl sites for hydroxylation is 1. The van der Waals surface area contributed by atoms with E-state index in [-0.39, 0.29) is 11.8 Å². The number of hydrogen-bond donors (Lipinski definition) is 2. The molecule has 2 N–H and O–H groups in total. The Labute approximate surface area is 172 Å². The summed E-state index contributed by atoms with van der Waals surface area (Å²) in [5.74, 6) is -0.462. The Morgan fingerprint density at radius 2 is 1.68 bits per heavy atom. The maximum absolute atomic E-state index is 12.4. The predicted molar refractivity (Wildman–Crippen MR) is 115 cm³/mol. The molecule has 0 atom stereocenters. The number of amides is 2. The number of anilines is 1. The largest absolute Gasteiger partial charge is 0.322 e. The monoisotopic (exact) mass is 411 g/mol. The van der Waals surface area contributed by atoms with Crippen LogP contribution in [0.15, 0.2) is 65.8 Å². The lowest BCUT2D eigenvalue weighted by atomic mass is 10.1. The number of hydrogen-bond acceptors (Lipinski definition) is 4. The molecule has 2 aromatic carbocycles. The van der Waals surface area contributed by atoms with E-state index in [2.05, 4.69) is 15.8 Å². The van der Waals surface area contributed by atoms with E-state index >= 15 is 0 Å². The maximum atomic E-state index is 12.4. The summed E-state index contributed by atoms with van der Waals surface area (Å²) in [5, 5.41) is 7.00. The second kappa shape index (κ2) is 8.82. The van der Waals surface area contributed by atoms with Crippen molar-refractivity contribution in [3.63, 3.8) is 0 Å². The van der Waals surface area contributed by atoms with Gasteiger partial charge in [-0.25, -0.2) is 5.43 Å². The third-order valence-corrected chi connectivity index (χ3v) is 5.30. The number of benzene rings is 2. The first-order valence-electron chi connectivity index (χ1n) is 8.51. The van der Waals surface area contributed by atoms with Gasteiger partial charge in [0.2, 0.25) is 0 Å². The van der Waals surface area contributed by atoms with Crippen LogP contribution in [0.2, 0.25) is 4.34 Å². The van der Waals surface area contributed by atoms with Gasteiger partial charge in [-0.05, 0) is 55.3 Å². The van der Waals surface area contributed by atoms with Crippen molar-refractivity contribution in [2.24, 2.45) is 5.10 Å². The van der Waals surface area contributed by atoms with E-state index in [0.717, 1.165) is 11.1 Å². The Bertz CT molecular complexity index is 1040. The van der Waals surface area contributed by atoms with Gasteiger partial charge in [0.15, 0.2) is 0 Å². The summed E-state index contributed by atoms with van der Waals surface area (Å²) < 4.78 is 0.550. The van der Waals surface area contributed by atoms with Gasteiger partial charge in [-0.3, -0.25) is 9.59 Å². The van der Waals surface area contributed by atoms with Crippen molar-refractivity contribution < 1.29 is 9.59 Å². The lowest BCUT2D eigenvalue weighted by molar-refractivity contribution is 0.0958. The van der Waals surface area contributed by atoms with Crippen molar-refractivity contribution >= 4 is 46.2 Å². The Balaban J connectivity index is 1.64. The molecule has 0 aliphatic rings. The molecule has 0 radical (unpaired) electrons. The zero-order valence-corrected chi connectivity index (χ0v) is 16.9. The Kier molecular flexibility index (Phi) is 6.23. The molecule has 1 aromatic heterocycles. The lowest BCUT2D eigenvalue weighted by Gasteiger charge is -2.08. The minimum Gasteiger partial charge on any atom is -0.322 e. The molecule has 142 valence electrons. The Morgan fingerprint density at radius 1 is 0.964 bits per heavy atom. The summed E-state index contributed by atoms with van der Waals surface area (Å²) in [6.07, 6.45) is 0. The van der Waals surface area contributed by atoms with Gasteiger partial charge in [0.25, 0.3) is 11.8 Å². The minimum absolute atomic E-state index is 0.155. The van der Waals surface area contributed by atoms with Gasteiger partial charge in [0, 0.05) is 11.3 Å². The van der Waals surface area contributed by atoms with Crippen LogP contribution in [0.25, 0.3) is 0 Å². The van der Waals surface area contributed by atoms with Crippen molar-refractivity contribution in [2.45, 2.75) is 13.8 Å². The maximum Gasteiger partial charge on any atom is 0.281 e. The van der Waals surface area contributed by atoms with Crippen LogP contribution in [0.1, 0.15) is 38.1 Å². The van der Waals surface area contributed by atoms with Crippen molar-refractivity contribution in [3.8, 4) is 0 Å². The molecule has 5 nitrogen and oxygen atoms in total. The Morgan fingerprint density at radius 3 is 2.32 bits per heavy atom. The van der Waals surface area contributed by atoms with Crippen LogP contribution in [0.5, 0.6) is 0 Å². The van der Waals surface area contributed by atoms with Gasteiger partial charge < -0.3 is 5.32 Å². The topological polar surface area (TPSA) is 70.6 Å². The molecule has 0 saturated carbocycles. The van der Waals surface area contributed by atoms with Crippen LogP contribution in [0.4, 0.5) is 5.69 Å². The second-order valence-electron chi connectivity index (χ2n) is 6.09. The lowest BCUT2D eigenvalue weighted by Crippen LogP contribution is -2.18. The molecule has 0 saturated heterocycles. The highest BCUT2D eigenvalue weighted by Crippen LogP contribution is 2.21. The molecular formula is C21H18ClN3O2S. The zero-order chi connectivity index (χ0) is 20.1. The van der Waals surface area contributed by atoms with Crippen molar-refractivity contribution in [1.29, 1.82) is 0 Å². The molecule has 0 bridgehead atoms. The first-order valence-corrected chi connectivity index (χ1v) is 9.71. The molecule has 3 aromatic rings.